The van der Waals surface area contributed by atoms with Crippen LogP contribution in [0.15, 0.2) is 47.4 Å². The van der Waals surface area contributed by atoms with Gasteiger partial charge in [0.05, 0.1) is 17.4 Å². The number of para-hydroxylation sites is 1. The molecule has 140 valence electrons. The van der Waals surface area contributed by atoms with Gasteiger partial charge in [-0.2, -0.15) is 0 Å². The van der Waals surface area contributed by atoms with E-state index in [0.29, 0.717) is 23.1 Å². The predicted octanol–water partition coefficient (Wildman–Crippen LogP) is 2.91. The minimum absolute atomic E-state index is 0.147. The van der Waals surface area contributed by atoms with Crippen LogP contribution in [0, 0.1) is 13.8 Å². The van der Waals surface area contributed by atoms with Gasteiger partial charge >= 0.3 is 0 Å². The largest absolute Gasteiger partial charge is 0.361 e. The van der Waals surface area contributed by atoms with Gasteiger partial charge in [-0.3, -0.25) is 14.2 Å². The summed E-state index contributed by atoms with van der Waals surface area (Å²) < 4.78 is 1.59. The zero-order valence-electron chi connectivity index (χ0n) is 15.7. The number of carbonyl (C=O) groups excluding carboxylic acids is 1. The van der Waals surface area contributed by atoms with E-state index in [9.17, 15) is 9.59 Å². The lowest BCUT2D eigenvalue weighted by Gasteiger charge is -2.27. The van der Waals surface area contributed by atoms with Crippen LogP contribution in [0.4, 0.5) is 0 Å². The van der Waals surface area contributed by atoms with Crippen LogP contribution >= 0.6 is 0 Å². The Hall–Kier alpha value is -3.41. The van der Waals surface area contributed by atoms with Crippen molar-refractivity contribution in [3.05, 3.63) is 75.5 Å². The first kappa shape index (κ1) is 16.7. The highest BCUT2D eigenvalue weighted by molar-refractivity contribution is 5.87. The molecule has 6 nitrogen and oxygen atoms in total. The Bertz CT molecular complexity index is 1320. The number of nitrogens with zero attached hydrogens (tertiary/aromatic N) is 2. The van der Waals surface area contributed by atoms with Gasteiger partial charge in [-0.05, 0) is 42.7 Å². The molecule has 1 aliphatic rings. The average molecular weight is 372 g/mol. The summed E-state index contributed by atoms with van der Waals surface area (Å²) in [4.78, 5) is 34.1. The number of benzene rings is 2. The third kappa shape index (κ3) is 2.45. The molecule has 0 saturated carbocycles. The summed E-state index contributed by atoms with van der Waals surface area (Å²) in [5.41, 5.74) is 4.58. The summed E-state index contributed by atoms with van der Waals surface area (Å²) in [6.07, 6.45) is 2.35. The van der Waals surface area contributed by atoms with Gasteiger partial charge in [-0.15, -0.1) is 0 Å². The maximum Gasteiger partial charge on any atom is 0.262 e. The molecule has 2 N–H and O–H groups in total. The van der Waals surface area contributed by atoms with Crippen molar-refractivity contribution in [3.63, 3.8) is 0 Å². The molecule has 2 aromatic heterocycles. The molecule has 0 spiro atoms. The summed E-state index contributed by atoms with van der Waals surface area (Å²) in [6, 6.07) is 11.2. The lowest BCUT2D eigenvalue weighted by Crippen LogP contribution is -2.46. The van der Waals surface area contributed by atoms with Crippen LogP contribution in [0.5, 0.6) is 0 Å². The quantitative estimate of drug-likeness (QED) is 0.568. The first-order chi connectivity index (χ1) is 13.5. The lowest BCUT2D eigenvalue weighted by molar-refractivity contribution is -0.125. The number of fused-ring (bicyclic) bond motifs is 3. The van der Waals surface area contributed by atoms with E-state index in [1.54, 1.807) is 4.57 Å². The molecule has 5 rings (SSSR count). The summed E-state index contributed by atoms with van der Waals surface area (Å²) >= 11 is 0. The zero-order valence-corrected chi connectivity index (χ0v) is 15.7. The van der Waals surface area contributed by atoms with Gasteiger partial charge in [0.2, 0.25) is 5.91 Å². The van der Waals surface area contributed by atoms with E-state index >= 15 is 0 Å². The average Bonchev–Trinajstić information content (AvgIpc) is 3.08. The second kappa shape index (κ2) is 6.05. The zero-order chi connectivity index (χ0) is 19.4. The van der Waals surface area contributed by atoms with Gasteiger partial charge in [-0.1, -0.05) is 24.3 Å². The molecule has 2 aromatic carbocycles. The van der Waals surface area contributed by atoms with Crippen molar-refractivity contribution in [1.82, 2.24) is 19.9 Å². The van der Waals surface area contributed by atoms with Gasteiger partial charge in [0, 0.05) is 23.5 Å². The molecule has 0 radical (unpaired) electrons. The molecule has 0 fully saturated rings. The van der Waals surface area contributed by atoms with Gasteiger partial charge in [0.15, 0.2) is 0 Å². The van der Waals surface area contributed by atoms with Gasteiger partial charge in [0.25, 0.3) is 5.56 Å². The molecule has 1 unspecified atom stereocenters. The van der Waals surface area contributed by atoms with Crippen LogP contribution in [0.1, 0.15) is 28.6 Å². The summed E-state index contributed by atoms with van der Waals surface area (Å²) in [6.45, 7) is 4.19. The smallest absolute Gasteiger partial charge is 0.262 e. The summed E-state index contributed by atoms with van der Waals surface area (Å²) in [5, 5.41) is 4.54. The van der Waals surface area contributed by atoms with Crippen LogP contribution in [-0.4, -0.2) is 20.4 Å². The number of hydrogen-bond donors (Lipinski definition) is 2. The summed E-state index contributed by atoms with van der Waals surface area (Å²) in [7, 11) is 0. The molecule has 4 aromatic rings. The Labute approximate surface area is 161 Å². The highest BCUT2D eigenvalue weighted by Crippen LogP contribution is 2.26. The van der Waals surface area contributed by atoms with Crippen LogP contribution in [-0.2, 0) is 17.8 Å². The second-order valence-electron chi connectivity index (χ2n) is 7.48. The highest BCUT2D eigenvalue weighted by Gasteiger charge is 2.31. The maximum atomic E-state index is 13.4. The molecule has 1 aliphatic heterocycles. The standard InChI is InChI=1S/C22H20N4O2/c1-12-7-13(2)20-16(8-12)22(28)26-18(21(27)24-11-19(26)25-20)9-14-10-23-17-6-4-3-5-15(14)17/h3-8,10,18,23H,9,11H2,1-2H3,(H,24,27). The number of aryl methyl sites for hydroxylation is 2. The maximum absolute atomic E-state index is 13.4. The van der Waals surface area contributed by atoms with E-state index in [-0.39, 0.29) is 18.0 Å². The minimum atomic E-state index is -0.617. The molecule has 3 heterocycles. The van der Waals surface area contributed by atoms with E-state index in [2.05, 4.69) is 10.3 Å². The fourth-order valence-corrected chi connectivity index (χ4v) is 4.24. The number of aromatic amines is 1. The Kier molecular flexibility index (Phi) is 3.62. The fourth-order valence-electron chi connectivity index (χ4n) is 4.24. The fraction of sp³-hybridized carbons (Fsp3) is 0.227. The Balaban J connectivity index is 1.70. The van der Waals surface area contributed by atoms with Gasteiger partial charge < -0.3 is 10.3 Å². The second-order valence-corrected chi connectivity index (χ2v) is 7.48. The van der Waals surface area contributed by atoms with Crippen molar-refractivity contribution in [2.75, 3.05) is 0 Å². The van der Waals surface area contributed by atoms with Gasteiger partial charge in [0.1, 0.15) is 11.9 Å². The van der Waals surface area contributed by atoms with Crippen molar-refractivity contribution in [1.29, 1.82) is 0 Å². The van der Waals surface area contributed by atoms with Crippen LogP contribution < -0.4 is 10.9 Å². The molecule has 0 bridgehead atoms. The Morgan fingerprint density at radius 2 is 1.96 bits per heavy atom. The molecular weight excluding hydrogens is 352 g/mol. The number of aromatic nitrogens is 3. The predicted molar refractivity (Wildman–Crippen MR) is 108 cm³/mol. The number of H-pyrrole nitrogens is 1. The van der Waals surface area contributed by atoms with Crippen LogP contribution in [0.3, 0.4) is 0 Å². The number of rotatable bonds is 2. The van der Waals surface area contributed by atoms with Crippen LogP contribution in [0.25, 0.3) is 21.8 Å². The highest BCUT2D eigenvalue weighted by atomic mass is 16.2. The van der Waals surface area contributed by atoms with E-state index in [1.165, 1.54) is 0 Å². The van der Waals surface area contributed by atoms with Crippen molar-refractivity contribution in [3.8, 4) is 0 Å². The Morgan fingerprint density at radius 1 is 1.14 bits per heavy atom. The minimum Gasteiger partial charge on any atom is -0.361 e. The number of hydrogen-bond acceptors (Lipinski definition) is 3. The Morgan fingerprint density at radius 3 is 2.82 bits per heavy atom. The molecule has 6 heteroatoms. The molecule has 28 heavy (non-hydrogen) atoms. The number of nitrogens with one attached hydrogen (secondary N) is 2. The van der Waals surface area contributed by atoms with Crippen molar-refractivity contribution in [2.45, 2.75) is 32.9 Å². The number of amides is 1. The van der Waals surface area contributed by atoms with E-state index in [4.69, 9.17) is 4.98 Å². The molecule has 1 amide bonds. The third-order valence-electron chi connectivity index (χ3n) is 5.54. The SMILES string of the molecule is Cc1cc(C)c2nc3n(c(=O)c2c1)C(Cc1c[nH]c2ccccc12)C(=O)NC3. The molecule has 0 aliphatic carbocycles. The van der Waals surface area contributed by atoms with E-state index in [0.717, 1.165) is 27.6 Å². The van der Waals surface area contributed by atoms with Gasteiger partial charge in [-0.25, -0.2) is 4.98 Å². The van der Waals surface area contributed by atoms with Crippen molar-refractivity contribution >= 4 is 27.7 Å². The topological polar surface area (TPSA) is 79.8 Å². The normalized spacial score (nSPS) is 16.4. The monoisotopic (exact) mass is 372 g/mol. The van der Waals surface area contributed by atoms with Crippen molar-refractivity contribution in [2.24, 2.45) is 0 Å². The van der Waals surface area contributed by atoms with E-state index < -0.39 is 6.04 Å². The number of carbonyl (C=O) groups is 1. The molecular formula is C22H20N4O2. The lowest BCUT2D eigenvalue weighted by atomic mass is 10.0. The van der Waals surface area contributed by atoms with Crippen LogP contribution in [0.2, 0.25) is 0 Å². The molecule has 0 saturated heterocycles. The first-order valence-electron chi connectivity index (χ1n) is 9.38. The first-order valence-corrected chi connectivity index (χ1v) is 9.38. The summed E-state index contributed by atoms with van der Waals surface area (Å²) in [5.74, 6) is 0.458. The van der Waals surface area contributed by atoms with Crippen molar-refractivity contribution < 1.29 is 4.79 Å². The molecule has 1 atom stereocenters. The van der Waals surface area contributed by atoms with E-state index in [1.807, 2.05) is 56.4 Å². The third-order valence-corrected chi connectivity index (χ3v) is 5.54.